The largest absolute Gasteiger partial charge is 4.00 e. The van der Waals surface area contributed by atoms with Crippen LogP contribution in [0.5, 0.6) is 0 Å². The van der Waals surface area contributed by atoms with Gasteiger partial charge in [-0.05, 0) is 0 Å². The monoisotopic (exact) mass is 320 g/mol. The van der Waals surface area contributed by atoms with Crippen molar-refractivity contribution >= 4 is 0 Å². The van der Waals surface area contributed by atoms with E-state index < -0.39 is 0 Å². The van der Waals surface area contributed by atoms with E-state index in [-0.39, 0.29) is 102 Å². The second-order valence-corrected chi connectivity index (χ2v) is 0. The van der Waals surface area contributed by atoms with Crippen LogP contribution < -0.4 is 49.6 Å². The summed E-state index contributed by atoms with van der Waals surface area (Å²) in [4.78, 5) is 0. The van der Waals surface area contributed by atoms with Gasteiger partial charge in [0.2, 0.25) is 0 Å². The van der Waals surface area contributed by atoms with Gasteiger partial charge >= 0.3 is 52.4 Å². The summed E-state index contributed by atoms with van der Waals surface area (Å²) in [6, 6.07) is 0. The Morgan fingerprint density at radius 1 is 0.333 bits per heavy atom. The zero-order chi connectivity index (χ0) is 0. The predicted molar refractivity (Wildman–Crippen MR) is 0 cm³/mol. The Bertz CT molecular complexity index is 5.51. The Labute approximate surface area is 100 Å². The first-order valence-electron chi connectivity index (χ1n) is 0. The van der Waals surface area contributed by atoms with Crippen LogP contribution in [0.15, 0.2) is 0 Å². The van der Waals surface area contributed by atoms with Gasteiger partial charge in [0.25, 0.3) is 0 Å². The summed E-state index contributed by atoms with van der Waals surface area (Å²) in [5.74, 6) is 0. The van der Waals surface area contributed by atoms with Crippen LogP contribution in [0, 0.1) is 0 Å². The third kappa shape index (κ3) is 28.4. The minimum Gasteiger partial charge on any atom is -1.00 e. The maximum atomic E-state index is 0. The van der Waals surface area contributed by atoms with Crippen molar-refractivity contribution in [2.45, 2.75) is 0 Å². The van der Waals surface area contributed by atoms with E-state index in [2.05, 4.69) is 0 Å². The maximum absolute atomic E-state index is 0. The Morgan fingerprint density at radius 3 is 0.333 bits per heavy atom. The molecule has 6 heavy (non-hydrogen) atoms. The molecule has 0 fully saturated rings. The molecule has 0 nitrogen and oxygen atoms in total. The summed E-state index contributed by atoms with van der Waals surface area (Å²) in [6.07, 6.45) is 0. The number of halogens is 4. The van der Waals surface area contributed by atoms with E-state index in [0.717, 1.165) is 0 Å². The van der Waals surface area contributed by atoms with E-state index >= 15 is 0 Å². The molecule has 0 heterocycles. The summed E-state index contributed by atoms with van der Waals surface area (Å²) in [5, 5.41) is 0. The molecule has 0 N–H and O–H groups in total. The Hall–Kier alpha value is 2.93. The molecule has 0 saturated carbocycles. The normalized spacial score (nSPS) is 0. The van der Waals surface area contributed by atoms with E-state index in [0.29, 0.717) is 0 Å². The Morgan fingerprint density at radius 2 is 0.333 bits per heavy atom. The van der Waals surface area contributed by atoms with E-state index in [1.54, 1.807) is 0 Å². The molecule has 0 aromatic heterocycles. The van der Waals surface area contributed by atoms with Crippen molar-refractivity contribution in [3.05, 3.63) is 0 Å². The van der Waals surface area contributed by atoms with Crippen LogP contribution >= 0.6 is 0 Å². The molecule has 0 aliphatic rings. The minimum absolute atomic E-state index is 0. The van der Waals surface area contributed by atoms with Crippen LogP contribution in [0.3, 0.4) is 0 Å². The van der Waals surface area contributed by atoms with Gasteiger partial charge in [0, 0.05) is 0 Å². The van der Waals surface area contributed by atoms with Crippen LogP contribution in [-0.4, -0.2) is 0 Å². The zero-order valence-corrected chi connectivity index (χ0v) is 10.5. The zero-order valence-electron chi connectivity index (χ0n) is 2.51. The van der Waals surface area contributed by atoms with Crippen LogP contribution in [-0.2, 0) is 52.4 Å². The molecule has 0 amide bonds. The van der Waals surface area contributed by atoms with Crippen molar-refractivity contribution < 1.29 is 102 Å². The van der Waals surface area contributed by atoms with Gasteiger partial charge in [0.05, 0.1) is 0 Å². The van der Waals surface area contributed by atoms with Gasteiger partial charge in [-0.3, -0.25) is 0 Å². The van der Waals surface area contributed by atoms with Crippen LogP contribution in [0.25, 0.3) is 0 Å². The molecule has 0 aliphatic carbocycles. The summed E-state index contributed by atoms with van der Waals surface area (Å²) >= 11 is 0. The number of rotatable bonds is 0. The van der Waals surface area contributed by atoms with E-state index in [1.807, 2.05) is 0 Å². The van der Waals surface area contributed by atoms with Crippen molar-refractivity contribution in [3.8, 4) is 0 Å². The molecular formula is Cl4Zr2+4. The van der Waals surface area contributed by atoms with Crippen molar-refractivity contribution in [2.24, 2.45) is 0 Å². The molecule has 0 saturated heterocycles. The SMILES string of the molecule is [Cl-].[Cl-].[Cl-].[Cl-].[Zr+4].[Zr+4]. The first kappa shape index (κ1) is 65.5. The fourth-order valence-electron chi connectivity index (χ4n) is 0. The van der Waals surface area contributed by atoms with Crippen LogP contribution in [0.4, 0.5) is 0 Å². The minimum atomic E-state index is 0. The quantitative estimate of drug-likeness (QED) is 0.415. The van der Waals surface area contributed by atoms with Gasteiger partial charge in [-0.2, -0.15) is 0 Å². The smallest absolute Gasteiger partial charge is 1.00 e. The summed E-state index contributed by atoms with van der Waals surface area (Å²) < 4.78 is 0. The average Bonchev–Trinajstić information content (AvgIpc) is 0. The van der Waals surface area contributed by atoms with Gasteiger partial charge < -0.3 is 49.6 Å². The Balaban J connectivity index is 0. The van der Waals surface area contributed by atoms with Crippen molar-refractivity contribution in [1.82, 2.24) is 0 Å². The fourth-order valence-corrected chi connectivity index (χ4v) is 0. The molecule has 32 valence electrons. The van der Waals surface area contributed by atoms with Gasteiger partial charge in [-0.1, -0.05) is 0 Å². The molecule has 6 heteroatoms. The molecule has 0 spiro atoms. The van der Waals surface area contributed by atoms with Crippen LogP contribution in [0.1, 0.15) is 0 Å². The molecule has 0 aliphatic heterocycles. The molecule has 0 aromatic carbocycles. The van der Waals surface area contributed by atoms with E-state index in [9.17, 15) is 0 Å². The second-order valence-electron chi connectivity index (χ2n) is 0. The summed E-state index contributed by atoms with van der Waals surface area (Å²) in [7, 11) is 0. The number of hydrogen-bond acceptors (Lipinski definition) is 0. The first-order valence-corrected chi connectivity index (χ1v) is 0. The summed E-state index contributed by atoms with van der Waals surface area (Å²) in [6.45, 7) is 0. The topological polar surface area (TPSA) is 0 Å². The van der Waals surface area contributed by atoms with Crippen molar-refractivity contribution in [1.29, 1.82) is 0 Å². The standard InChI is InChI=1S/4ClH.2Zr/h4*1H;;/q;;;;2*+4/p-4. The van der Waals surface area contributed by atoms with E-state index in [4.69, 9.17) is 0 Å². The number of hydrogen-bond donors (Lipinski definition) is 0. The van der Waals surface area contributed by atoms with Crippen molar-refractivity contribution in [2.75, 3.05) is 0 Å². The Kier molecular flexibility index (Phi) is 485. The predicted octanol–water partition coefficient (Wildman–Crippen LogP) is -12.0. The molecule has 0 aromatic rings. The third-order valence-electron chi connectivity index (χ3n) is 0. The van der Waals surface area contributed by atoms with Gasteiger partial charge in [0.15, 0.2) is 0 Å². The molecule has 0 radical (unpaired) electrons. The van der Waals surface area contributed by atoms with Gasteiger partial charge in [-0.25, -0.2) is 0 Å². The molecule has 0 bridgehead atoms. The average molecular weight is 324 g/mol. The fraction of sp³-hybridized carbons (Fsp3) is 0. The molecule has 0 atom stereocenters. The van der Waals surface area contributed by atoms with Gasteiger partial charge in [0.1, 0.15) is 0 Å². The van der Waals surface area contributed by atoms with E-state index in [1.165, 1.54) is 0 Å². The third-order valence-corrected chi connectivity index (χ3v) is 0. The molecular weight excluding hydrogens is 324 g/mol. The maximum Gasteiger partial charge on any atom is 4.00 e. The second kappa shape index (κ2) is 44.4. The summed E-state index contributed by atoms with van der Waals surface area (Å²) in [5.41, 5.74) is 0. The van der Waals surface area contributed by atoms with Crippen LogP contribution in [0.2, 0.25) is 0 Å². The molecule has 0 unspecified atom stereocenters. The molecule has 0 rings (SSSR count). The van der Waals surface area contributed by atoms with Gasteiger partial charge in [-0.15, -0.1) is 0 Å². The first-order chi connectivity index (χ1) is 0. The van der Waals surface area contributed by atoms with Crippen molar-refractivity contribution in [3.63, 3.8) is 0 Å².